The van der Waals surface area contributed by atoms with Gasteiger partial charge in [0.1, 0.15) is 5.76 Å². The summed E-state index contributed by atoms with van der Waals surface area (Å²) in [7, 11) is 1.74. The number of carbonyl (C=O) groups is 2. The van der Waals surface area contributed by atoms with E-state index in [1.54, 1.807) is 35.4 Å². The summed E-state index contributed by atoms with van der Waals surface area (Å²) in [6, 6.07) is 7.38. The van der Waals surface area contributed by atoms with Gasteiger partial charge in [-0.15, -0.1) is 0 Å². The molecule has 0 saturated carbocycles. The molecule has 0 aliphatic carbocycles. The summed E-state index contributed by atoms with van der Waals surface area (Å²) in [6.07, 6.45) is 3.28. The van der Waals surface area contributed by atoms with Crippen LogP contribution in [0.1, 0.15) is 29.9 Å². The highest BCUT2D eigenvalue weighted by atomic mass is 16.3. The van der Waals surface area contributed by atoms with Crippen molar-refractivity contribution in [1.82, 2.24) is 14.8 Å². The van der Waals surface area contributed by atoms with Gasteiger partial charge in [-0.05, 0) is 23.8 Å². The van der Waals surface area contributed by atoms with Gasteiger partial charge in [0, 0.05) is 33.3 Å². The molecule has 0 aromatic carbocycles. The van der Waals surface area contributed by atoms with Gasteiger partial charge in [0.25, 0.3) is 0 Å². The van der Waals surface area contributed by atoms with Crippen molar-refractivity contribution in [1.29, 1.82) is 0 Å². The van der Waals surface area contributed by atoms with Crippen LogP contribution in [0.15, 0.2) is 41.1 Å². The molecular formula is C17H19N3O3. The lowest BCUT2D eigenvalue weighted by atomic mass is 9.93. The largest absolute Gasteiger partial charge is 0.467 e. The van der Waals surface area contributed by atoms with E-state index in [0.717, 1.165) is 17.0 Å². The molecule has 3 heterocycles. The van der Waals surface area contributed by atoms with Crippen LogP contribution in [0.3, 0.4) is 0 Å². The van der Waals surface area contributed by atoms with Gasteiger partial charge in [-0.2, -0.15) is 0 Å². The highest BCUT2D eigenvalue weighted by molar-refractivity contribution is 5.85. The molecule has 0 saturated heterocycles. The Morgan fingerprint density at radius 2 is 2.22 bits per heavy atom. The summed E-state index contributed by atoms with van der Waals surface area (Å²) in [5, 5.41) is 0. The van der Waals surface area contributed by atoms with Crippen molar-refractivity contribution in [3.05, 3.63) is 53.7 Å². The number of pyridine rings is 1. The smallest absolute Gasteiger partial charge is 0.233 e. The van der Waals surface area contributed by atoms with Gasteiger partial charge in [-0.1, -0.05) is 6.07 Å². The second-order valence-electron chi connectivity index (χ2n) is 5.77. The van der Waals surface area contributed by atoms with Crippen molar-refractivity contribution in [2.24, 2.45) is 0 Å². The van der Waals surface area contributed by atoms with Crippen molar-refractivity contribution in [3.8, 4) is 0 Å². The molecule has 0 fully saturated rings. The van der Waals surface area contributed by atoms with Gasteiger partial charge in [0.05, 0.1) is 24.4 Å². The van der Waals surface area contributed by atoms with Crippen molar-refractivity contribution in [2.75, 3.05) is 13.6 Å². The van der Waals surface area contributed by atoms with Gasteiger partial charge in [-0.3, -0.25) is 14.6 Å². The molecule has 23 heavy (non-hydrogen) atoms. The summed E-state index contributed by atoms with van der Waals surface area (Å²) in [5.74, 6) is 0.184. The molecule has 1 aliphatic rings. The Morgan fingerprint density at radius 1 is 1.39 bits per heavy atom. The van der Waals surface area contributed by atoms with E-state index in [-0.39, 0.29) is 11.8 Å². The summed E-state index contributed by atoms with van der Waals surface area (Å²) >= 11 is 0. The molecule has 6 heteroatoms. The molecule has 0 radical (unpaired) electrons. The standard InChI is InChI=1S/C17H19N3O3/c1-12(21)20-9-13-5-3-7-18-16(13)15(11-20)17(22)19(2)10-14-6-4-8-23-14/h3-8,15H,9-11H2,1-2H3. The van der Waals surface area contributed by atoms with Crippen molar-refractivity contribution >= 4 is 11.8 Å². The van der Waals surface area contributed by atoms with Crippen LogP contribution in [0.2, 0.25) is 0 Å². The predicted molar refractivity (Wildman–Crippen MR) is 83.3 cm³/mol. The second kappa shape index (κ2) is 6.24. The van der Waals surface area contributed by atoms with Crippen LogP contribution < -0.4 is 0 Å². The van der Waals surface area contributed by atoms with Crippen LogP contribution in [-0.2, 0) is 22.7 Å². The fourth-order valence-electron chi connectivity index (χ4n) is 2.89. The second-order valence-corrected chi connectivity index (χ2v) is 5.77. The molecule has 120 valence electrons. The van der Waals surface area contributed by atoms with Crippen molar-refractivity contribution in [2.45, 2.75) is 25.9 Å². The topological polar surface area (TPSA) is 66.7 Å². The number of fused-ring (bicyclic) bond motifs is 1. The number of hydrogen-bond acceptors (Lipinski definition) is 4. The molecule has 0 bridgehead atoms. The van der Waals surface area contributed by atoms with Crippen LogP contribution in [0, 0.1) is 0 Å². The van der Waals surface area contributed by atoms with Gasteiger partial charge in [0.15, 0.2) is 0 Å². The van der Waals surface area contributed by atoms with Crippen molar-refractivity contribution < 1.29 is 14.0 Å². The predicted octanol–water partition coefficient (Wildman–Crippen LogP) is 1.78. The van der Waals surface area contributed by atoms with E-state index < -0.39 is 5.92 Å². The first-order valence-electron chi connectivity index (χ1n) is 7.53. The quantitative estimate of drug-likeness (QED) is 0.866. The first-order valence-corrected chi connectivity index (χ1v) is 7.53. The first kappa shape index (κ1) is 15.3. The van der Waals surface area contributed by atoms with Crippen LogP contribution in [0.4, 0.5) is 0 Å². The number of nitrogens with zero attached hydrogens (tertiary/aromatic N) is 3. The maximum absolute atomic E-state index is 12.9. The minimum Gasteiger partial charge on any atom is -0.467 e. The fraction of sp³-hybridized carbons (Fsp3) is 0.353. The molecule has 6 nitrogen and oxygen atoms in total. The molecule has 1 aliphatic heterocycles. The molecule has 2 amide bonds. The molecule has 2 aromatic heterocycles. The zero-order chi connectivity index (χ0) is 16.4. The SMILES string of the molecule is CC(=O)N1Cc2cccnc2C(C(=O)N(C)Cc2ccco2)C1. The van der Waals surface area contributed by atoms with Gasteiger partial charge >= 0.3 is 0 Å². The highest BCUT2D eigenvalue weighted by Gasteiger charge is 2.34. The zero-order valence-corrected chi connectivity index (χ0v) is 13.2. The first-order chi connectivity index (χ1) is 11.1. The summed E-state index contributed by atoms with van der Waals surface area (Å²) < 4.78 is 5.30. The number of hydrogen-bond donors (Lipinski definition) is 0. The molecular weight excluding hydrogens is 294 g/mol. The van der Waals surface area contributed by atoms with Crippen molar-refractivity contribution in [3.63, 3.8) is 0 Å². The third kappa shape index (κ3) is 3.11. The van der Waals surface area contributed by atoms with E-state index >= 15 is 0 Å². The minimum absolute atomic E-state index is 0.0361. The third-order valence-electron chi connectivity index (χ3n) is 4.11. The molecule has 1 atom stereocenters. The minimum atomic E-state index is -0.441. The lowest BCUT2D eigenvalue weighted by Gasteiger charge is -2.34. The molecule has 2 aromatic rings. The van der Waals surface area contributed by atoms with Gasteiger partial charge in [-0.25, -0.2) is 0 Å². The lowest BCUT2D eigenvalue weighted by molar-refractivity contribution is -0.136. The Hall–Kier alpha value is -2.63. The average Bonchev–Trinajstić information content (AvgIpc) is 3.05. The third-order valence-corrected chi connectivity index (χ3v) is 4.11. The molecule has 1 unspecified atom stereocenters. The van der Waals surface area contributed by atoms with Crippen LogP contribution >= 0.6 is 0 Å². The lowest BCUT2D eigenvalue weighted by Crippen LogP contribution is -2.43. The molecule has 3 rings (SSSR count). The summed E-state index contributed by atoms with van der Waals surface area (Å²) in [5.41, 5.74) is 1.69. The number of furan rings is 1. The fourth-order valence-corrected chi connectivity index (χ4v) is 2.89. The number of amides is 2. The number of aromatic nitrogens is 1. The van der Waals surface area contributed by atoms with E-state index in [4.69, 9.17) is 4.42 Å². The Labute approximate surface area is 134 Å². The molecule has 0 N–H and O–H groups in total. The number of carbonyl (C=O) groups excluding carboxylic acids is 2. The molecule has 0 spiro atoms. The highest BCUT2D eigenvalue weighted by Crippen LogP contribution is 2.28. The maximum atomic E-state index is 12.9. The van der Waals surface area contributed by atoms with E-state index in [0.29, 0.717) is 19.6 Å². The average molecular weight is 313 g/mol. The number of rotatable bonds is 3. The van der Waals surface area contributed by atoms with Crippen LogP contribution in [0.25, 0.3) is 0 Å². The number of likely N-dealkylation sites (N-methyl/N-ethyl adjacent to an activating group) is 1. The van der Waals surface area contributed by atoms with E-state index in [1.807, 2.05) is 18.2 Å². The van der Waals surface area contributed by atoms with E-state index in [1.165, 1.54) is 6.92 Å². The Morgan fingerprint density at radius 3 is 2.91 bits per heavy atom. The zero-order valence-electron chi connectivity index (χ0n) is 13.2. The van der Waals surface area contributed by atoms with Gasteiger partial charge < -0.3 is 14.2 Å². The van der Waals surface area contributed by atoms with E-state index in [2.05, 4.69) is 4.98 Å². The van der Waals surface area contributed by atoms with Crippen LogP contribution in [0.5, 0.6) is 0 Å². The monoisotopic (exact) mass is 313 g/mol. The van der Waals surface area contributed by atoms with E-state index in [9.17, 15) is 9.59 Å². The summed E-state index contributed by atoms with van der Waals surface area (Å²) in [4.78, 5) is 32.3. The normalized spacial score (nSPS) is 16.8. The maximum Gasteiger partial charge on any atom is 0.233 e. The summed E-state index contributed by atoms with van der Waals surface area (Å²) in [6.45, 7) is 2.78. The Kier molecular flexibility index (Phi) is 4.14. The Balaban J connectivity index is 1.84. The van der Waals surface area contributed by atoms with Gasteiger partial charge in [0.2, 0.25) is 11.8 Å². The van der Waals surface area contributed by atoms with Crippen LogP contribution in [-0.4, -0.2) is 40.2 Å². The Bertz CT molecular complexity index is 712.